The molecule has 19 heavy (non-hydrogen) atoms. The molecule has 0 aliphatic heterocycles. The summed E-state index contributed by atoms with van der Waals surface area (Å²) < 4.78 is 17.8. The van der Waals surface area contributed by atoms with E-state index in [1.807, 2.05) is 6.92 Å². The number of hydrogen-bond acceptors (Lipinski definition) is 5. The fourth-order valence-electron chi connectivity index (χ4n) is 1.66. The Hall–Kier alpha value is -2.57. The molecular weight excluding hydrogens is 249 g/mol. The molecule has 0 atom stereocenters. The van der Waals surface area contributed by atoms with Gasteiger partial charge in [0, 0.05) is 11.6 Å². The summed E-state index contributed by atoms with van der Waals surface area (Å²) in [5.74, 6) is 0.878. The molecule has 6 nitrogen and oxygen atoms in total. The SMILES string of the molecule is Cc1cc(Cn2nnc(-c3ccc(F)cc3)n2)no1. The van der Waals surface area contributed by atoms with Gasteiger partial charge in [-0.2, -0.15) is 4.80 Å². The van der Waals surface area contributed by atoms with Crippen molar-refractivity contribution in [3.05, 3.63) is 47.6 Å². The van der Waals surface area contributed by atoms with Gasteiger partial charge in [-0.05, 0) is 36.4 Å². The zero-order valence-electron chi connectivity index (χ0n) is 10.1. The molecule has 3 aromatic rings. The molecule has 2 heterocycles. The van der Waals surface area contributed by atoms with Gasteiger partial charge in [0.05, 0.1) is 0 Å². The Balaban J connectivity index is 1.81. The molecule has 2 aromatic heterocycles. The van der Waals surface area contributed by atoms with Crippen molar-refractivity contribution in [2.24, 2.45) is 0 Å². The van der Waals surface area contributed by atoms with Crippen molar-refractivity contribution in [2.75, 3.05) is 0 Å². The van der Waals surface area contributed by atoms with Gasteiger partial charge in [0.2, 0.25) is 5.82 Å². The van der Waals surface area contributed by atoms with E-state index in [2.05, 4.69) is 20.6 Å². The van der Waals surface area contributed by atoms with Gasteiger partial charge >= 0.3 is 0 Å². The molecule has 0 aliphatic rings. The largest absolute Gasteiger partial charge is 0.361 e. The fraction of sp³-hybridized carbons (Fsp3) is 0.167. The van der Waals surface area contributed by atoms with Crippen LogP contribution in [0, 0.1) is 12.7 Å². The van der Waals surface area contributed by atoms with Gasteiger partial charge < -0.3 is 4.52 Å². The Morgan fingerprint density at radius 1 is 1.26 bits per heavy atom. The van der Waals surface area contributed by atoms with Gasteiger partial charge in [-0.25, -0.2) is 4.39 Å². The molecule has 0 aliphatic carbocycles. The van der Waals surface area contributed by atoms with Gasteiger partial charge in [0.15, 0.2) is 0 Å². The average Bonchev–Trinajstić information content (AvgIpc) is 3.00. The molecule has 96 valence electrons. The summed E-state index contributed by atoms with van der Waals surface area (Å²) >= 11 is 0. The first-order valence-electron chi connectivity index (χ1n) is 5.66. The average molecular weight is 259 g/mol. The summed E-state index contributed by atoms with van der Waals surface area (Å²) in [6.45, 7) is 2.20. The lowest BCUT2D eigenvalue weighted by atomic mass is 10.2. The van der Waals surface area contributed by atoms with Crippen LogP contribution in [-0.4, -0.2) is 25.4 Å². The summed E-state index contributed by atoms with van der Waals surface area (Å²) in [7, 11) is 0. The number of tetrazole rings is 1. The third kappa shape index (κ3) is 2.49. The van der Waals surface area contributed by atoms with Gasteiger partial charge in [0.1, 0.15) is 23.8 Å². The second-order valence-corrected chi connectivity index (χ2v) is 4.08. The highest BCUT2D eigenvalue weighted by Gasteiger charge is 2.08. The molecule has 3 rings (SSSR count). The summed E-state index contributed by atoms with van der Waals surface area (Å²) in [5.41, 5.74) is 1.43. The molecule has 0 radical (unpaired) electrons. The summed E-state index contributed by atoms with van der Waals surface area (Å²) in [4.78, 5) is 1.41. The normalized spacial score (nSPS) is 10.8. The maximum absolute atomic E-state index is 12.8. The number of hydrogen-bond donors (Lipinski definition) is 0. The Bertz CT molecular complexity index is 688. The van der Waals surface area contributed by atoms with E-state index >= 15 is 0 Å². The molecule has 0 bridgehead atoms. The van der Waals surface area contributed by atoms with Crippen LogP contribution in [0.2, 0.25) is 0 Å². The lowest BCUT2D eigenvalue weighted by Crippen LogP contribution is -2.04. The van der Waals surface area contributed by atoms with E-state index in [-0.39, 0.29) is 5.82 Å². The Kier molecular flexibility index (Phi) is 2.79. The zero-order valence-corrected chi connectivity index (χ0v) is 10.1. The Morgan fingerprint density at radius 3 is 2.74 bits per heavy atom. The van der Waals surface area contributed by atoms with Gasteiger partial charge in [-0.1, -0.05) is 5.16 Å². The first-order valence-corrected chi connectivity index (χ1v) is 5.66. The summed E-state index contributed by atoms with van der Waals surface area (Å²) in [6, 6.07) is 7.74. The van der Waals surface area contributed by atoms with E-state index in [9.17, 15) is 4.39 Å². The molecule has 0 spiro atoms. The number of aromatic nitrogens is 5. The second-order valence-electron chi connectivity index (χ2n) is 4.08. The Morgan fingerprint density at radius 2 is 2.05 bits per heavy atom. The predicted molar refractivity (Wildman–Crippen MR) is 63.6 cm³/mol. The van der Waals surface area contributed by atoms with Crippen LogP contribution in [0.25, 0.3) is 11.4 Å². The minimum Gasteiger partial charge on any atom is -0.361 e. The van der Waals surface area contributed by atoms with Crippen molar-refractivity contribution in [2.45, 2.75) is 13.5 Å². The topological polar surface area (TPSA) is 69.6 Å². The van der Waals surface area contributed by atoms with Crippen LogP contribution in [-0.2, 0) is 6.54 Å². The van der Waals surface area contributed by atoms with Gasteiger partial charge in [0.25, 0.3) is 0 Å². The fourth-order valence-corrected chi connectivity index (χ4v) is 1.66. The number of halogens is 1. The van der Waals surface area contributed by atoms with Crippen LogP contribution in [0.1, 0.15) is 11.5 Å². The number of rotatable bonds is 3. The monoisotopic (exact) mass is 259 g/mol. The van der Waals surface area contributed by atoms with Crippen molar-refractivity contribution in [3.63, 3.8) is 0 Å². The molecule has 0 saturated heterocycles. The van der Waals surface area contributed by atoms with E-state index in [1.54, 1.807) is 18.2 Å². The maximum atomic E-state index is 12.8. The maximum Gasteiger partial charge on any atom is 0.204 e. The molecule has 0 unspecified atom stereocenters. The number of nitrogens with zero attached hydrogens (tertiary/aromatic N) is 5. The summed E-state index contributed by atoms with van der Waals surface area (Å²) in [6.07, 6.45) is 0. The Labute approximate surface area is 107 Å². The van der Waals surface area contributed by atoms with Crippen molar-refractivity contribution >= 4 is 0 Å². The van der Waals surface area contributed by atoms with Crippen LogP contribution in [0.4, 0.5) is 4.39 Å². The third-order valence-electron chi connectivity index (χ3n) is 2.54. The summed E-state index contributed by atoms with van der Waals surface area (Å²) in [5, 5.41) is 15.9. The predicted octanol–water partition coefficient (Wildman–Crippen LogP) is 1.82. The second kappa shape index (κ2) is 4.60. The van der Waals surface area contributed by atoms with E-state index < -0.39 is 0 Å². The van der Waals surface area contributed by atoms with Crippen LogP contribution in [0.15, 0.2) is 34.9 Å². The minimum absolute atomic E-state index is 0.297. The number of aryl methyl sites for hydroxylation is 1. The van der Waals surface area contributed by atoms with Crippen LogP contribution in [0.3, 0.4) is 0 Å². The molecule has 0 N–H and O–H groups in total. The molecule has 0 amide bonds. The lowest BCUT2D eigenvalue weighted by Gasteiger charge is -1.94. The van der Waals surface area contributed by atoms with E-state index in [0.29, 0.717) is 17.9 Å². The molecule has 1 aromatic carbocycles. The van der Waals surface area contributed by atoms with Gasteiger partial charge in [-0.3, -0.25) is 0 Å². The smallest absolute Gasteiger partial charge is 0.204 e. The first kappa shape index (κ1) is 11.5. The van der Waals surface area contributed by atoms with Crippen molar-refractivity contribution in [1.29, 1.82) is 0 Å². The van der Waals surface area contributed by atoms with Crippen molar-refractivity contribution in [1.82, 2.24) is 25.4 Å². The number of benzene rings is 1. The standard InChI is InChI=1S/C12H10FN5O/c1-8-6-11(16-19-8)7-18-15-12(14-17-18)9-2-4-10(13)5-3-9/h2-6H,7H2,1H3. The quantitative estimate of drug-likeness (QED) is 0.717. The highest BCUT2D eigenvalue weighted by Crippen LogP contribution is 2.14. The highest BCUT2D eigenvalue weighted by atomic mass is 19.1. The van der Waals surface area contributed by atoms with Crippen molar-refractivity contribution < 1.29 is 8.91 Å². The molecular formula is C12H10FN5O. The van der Waals surface area contributed by atoms with E-state index in [4.69, 9.17) is 4.52 Å². The minimum atomic E-state index is -0.297. The third-order valence-corrected chi connectivity index (χ3v) is 2.54. The lowest BCUT2D eigenvalue weighted by molar-refractivity contribution is 0.385. The van der Waals surface area contributed by atoms with E-state index in [1.165, 1.54) is 16.9 Å². The van der Waals surface area contributed by atoms with E-state index in [0.717, 1.165) is 11.5 Å². The van der Waals surface area contributed by atoms with Crippen LogP contribution < -0.4 is 0 Å². The van der Waals surface area contributed by atoms with Gasteiger partial charge in [-0.15, -0.1) is 10.2 Å². The molecule has 7 heteroatoms. The highest BCUT2D eigenvalue weighted by molar-refractivity contribution is 5.53. The first-order chi connectivity index (χ1) is 9.20. The molecule has 0 saturated carbocycles. The zero-order chi connectivity index (χ0) is 13.2. The van der Waals surface area contributed by atoms with Crippen LogP contribution >= 0.6 is 0 Å². The van der Waals surface area contributed by atoms with Crippen LogP contribution in [0.5, 0.6) is 0 Å². The molecule has 0 fully saturated rings. The van der Waals surface area contributed by atoms with Crippen molar-refractivity contribution in [3.8, 4) is 11.4 Å².